The van der Waals surface area contributed by atoms with Gasteiger partial charge in [-0.05, 0) is 143 Å². The van der Waals surface area contributed by atoms with Crippen LogP contribution in [-0.2, 0) is 35.9 Å². The molecule has 0 spiro atoms. The minimum absolute atomic E-state index is 0.145. The third kappa shape index (κ3) is 9.88. The molecule has 0 bridgehead atoms. The highest BCUT2D eigenvalue weighted by Gasteiger charge is 2.25. The number of hydrogen-bond acceptors (Lipinski definition) is 13. The lowest BCUT2D eigenvalue weighted by Gasteiger charge is -2.13. The van der Waals surface area contributed by atoms with E-state index in [2.05, 4.69) is 9.37 Å². The summed E-state index contributed by atoms with van der Waals surface area (Å²) in [6.07, 6.45) is 0. The summed E-state index contributed by atoms with van der Waals surface area (Å²) in [6.45, 7) is 1.88. The van der Waals surface area contributed by atoms with Crippen LogP contribution in [0.1, 0.15) is 27.0 Å². The number of hydrogen-bond donors (Lipinski definition) is 2. The van der Waals surface area contributed by atoms with E-state index in [1.165, 1.54) is 18.2 Å². The van der Waals surface area contributed by atoms with Crippen LogP contribution in [-0.4, -0.2) is 39.5 Å². The summed E-state index contributed by atoms with van der Waals surface area (Å²) in [5.41, 5.74) is 2.45. The molecular formula is C48H36O13S3. The normalized spacial score (nSPS) is 11.7. The van der Waals surface area contributed by atoms with Crippen LogP contribution in [0, 0.1) is 6.92 Å². The van der Waals surface area contributed by atoms with Gasteiger partial charge in [0.25, 0.3) is 10.1 Å². The van der Waals surface area contributed by atoms with Crippen molar-refractivity contribution < 1.29 is 59.8 Å². The number of aryl methyl sites for hydroxylation is 1. The Bertz CT molecular complexity index is 3260. The van der Waals surface area contributed by atoms with Gasteiger partial charge in [0.2, 0.25) is 9.84 Å². The Morgan fingerprint density at radius 3 is 1.80 bits per heavy atom. The maximum absolute atomic E-state index is 13.5. The quantitative estimate of drug-likeness (QED) is 0.0307. The summed E-state index contributed by atoms with van der Waals surface area (Å²) in [6, 6.07) is 43.3. The molecule has 0 fully saturated rings. The number of carbonyl (C=O) groups is 1. The van der Waals surface area contributed by atoms with Gasteiger partial charge in [0.15, 0.2) is 5.78 Å². The molecule has 0 amide bonds. The van der Waals surface area contributed by atoms with Crippen molar-refractivity contribution >= 4 is 59.3 Å². The highest BCUT2D eigenvalue weighted by Crippen LogP contribution is 2.36. The Kier molecular flexibility index (Phi) is 12.7. The number of sulfone groups is 1. The predicted molar refractivity (Wildman–Crippen MR) is 239 cm³/mol. The van der Waals surface area contributed by atoms with Gasteiger partial charge < -0.3 is 18.9 Å². The summed E-state index contributed by atoms with van der Waals surface area (Å²) >= 11 is 0.573. The van der Waals surface area contributed by atoms with Crippen molar-refractivity contribution in [3.8, 4) is 34.5 Å². The van der Waals surface area contributed by atoms with Crippen molar-refractivity contribution in [3.05, 3.63) is 180 Å². The van der Waals surface area contributed by atoms with Gasteiger partial charge >= 0.3 is 0 Å². The van der Waals surface area contributed by atoms with Gasteiger partial charge in [-0.15, -0.1) is 4.33 Å². The molecule has 64 heavy (non-hydrogen) atoms. The third-order valence-electron chi connectivity index (χ3n) is 10.1. The van der Waals surface area contributed by atoms with Crippen LogP contribution in [0.5, 0.6) is 34.5 Å². The molecule has 2 N–H and O–H groups in total. The minimum Gasteiger partial charge on any atom is -0.497 e. The summed E-state index contributed by atoms with van der Waals surface area (Å²) < 4.78 is 90.1. The molecule has 0 atom stereocenters. The Labute approximate surface area is 372 Å². The van der Waals surface area contributed by atoms with Gasteiger partial charge in [-0.25, -0.2) is 13.7 Å². The van der Waals surface area contributed by atoms with Gasteiger partial charge in [0.1, 0.15) is 46.0 Å². The number of methoxy groups -OCH3 is 1. The van der Waals surface area contributed by atoms with Crippen molar-refractivity contribution in [2.24, 2.45) is 0 Å². The summed E-state index contributed by atoms with van der Waals surface area (Å²) in [4.78, 5) is 12.2. The monoisotopic (exact) mass is 916 g/mol. The van der Waals surface area contributed by atoms with Crippen LogP contribution >= 0.6 is 12.0 Å². The first-order valence-corrected chi connectivity index (χ1v) is 22.9. The highest BCUT2D eigenvalue weighted by atomic mass is 32.2. The smallest absolute Gasteiger partial charge is 0.298 e. The fourth-order valence-electron chi connectivity index (χ4n) is 6.74. The van der Waals surface area contributed by atoms with Gasteiger partial charge in [-0.2, -0.15) is 8.42 Å². The van der Waals surface area contributed by atoms with Crippen molar-refractivity contribution in [2.45, 2.75) is 33.1 Å². The Morgan fingerprint density at radius 1 is 0.578 bits per heavy atom. The van der Waals surface area contributed by atoms with E-state index in [4.69, 9.17) is 24.2 Å². The molecule has 0 unspecified atom stereocenters. The van der Waals surface area contributed by atoms with E-state index in [1.54, 1.807) is 80.8 Å². The van der Waals surface area contributed by atoms with Crippen LogP contribution in [0.3, 0.4) is 0 Å². The average Bonchev–Trinajstić information content (AvgIpc) is 3.30. The molecule has 0 aliphatic carbocycles. The van der Waals surface area contributed by atoms with E-state index < -0.39 is 29.7 Å². The van der Waals surface area contributed by atoms with Crippen LogP contribution in [0.2, 0.25) is 0 Å². The molecular weight excluding hydrogens is 881 g/mol. The molecule has 13 nitrogen and oxygen atoms in total. The van der Waals surface area contributed by atoms with Crippen molar-refractivity contribution in [1.82, 2.24) is 0 Å². The first-order valence-electron chi connectivity index (χ1n) is 19.2. The molecule has 0 heterocycles. The first kappa shape index (κ1) is 43.9. The van der Waals surface area contributed by atoms with E-state index in [1.807, 2.05) is 54.6 Å². The molecule has 8 aromatic rings. The van der Waals surface area contributed by atoms with Gasteiger partial charge in [-0.1, -0.05) is 59.6 Å². The van der Waals surface area contributed by atoms with Crippen LogP contribution in [0.4, 0.5) is 0 Å². The largest absolute Gasteiger partial charge is 0.497 e. The van der Waals surface area contributed by atoms with Crippen LogP contribution in [0.15, 0.2) is 177 Å². The Morgan fingerprint density at radius 2 is 1.12 bits per heavy atom. The van der Waals surface area contributed by atoms with E-state index >= 15 is 0 Å². The molecule has 0 saturated heterocycles. The molecule has 324 valence electrons. The number of carbonyl (C=O) groups excluding carboxylic acids is 1. The Hall–Kier alpha value is -6.76. The zero-order valence-corrected chi connectivity index (χ0v) is 36.3. The van der Waals surface area contributed by atoms with Gasteiger partial charge in [-0.3, -0.25) is 9.35 Å². The first-order chi connectivity index (χ1) is 30.8. The predicted octanol–water partition coefficient (Wildman–Crippen LogP) is 11.2. The SMILES string of the molecule is COc1ccc2cc(Oc3ccc(C(=O)c4ccc(COc5ccc6ccc(Oc7ccc(S(=O)(=O)c8ccc(C)c(SOOO)c8)cc7S(=O)(=O)O)cc6c5)cc4)cc3)ccc2c1. The summed E-state index contributed by atoms with van der Waals surface area (Å²) in [5.74, 6) is 2.31. The maximum atomic E-state index is 13.5. The second-order valence-electron chi connectivity index (χ2n) is 14.3. The van der Waals surface area contributed by atoms with Crippen LogP contribution < -0.4 is 18.9 Å². The van der Waals surface area contributed by atoms with Gasteiger partial charge in [0, 0.05) is 16.0 Å². The molecule has 8 rings (SSSR count). The van der Waals surface area contributed by atoms with Crippen molar-refractivity contribution in [1.29, 1.82) is 0 Å². The number of benzene rings is 8. The Balaban J connectivity index is 0.914. The van der Waals surface area contributed by atoms with E-state index in [0.29, 0.717) is 56.3 Å². The van der Waals surface area contributed by atoms with E-state index in [9.17, 15) is 26.2 Å². The van der Waals surface area contributed by atoms with E-state index in [-0.39, 0.29) is 28.8 Å². The topological polar surface area (TPSA) is 181 Å². The number of rotatable bonds is 16. The van der Waals surface area contributed by atoms with Crippen molar-refractivity contribution in [3.63, 3.8) is 0 Å². The number of ether oxygens (including phenoxy) is 4. The zero-order chi connectivity index (χ0) is 45.0. The summed E-state index contributed by atoms with van der Waals surface area (Å²) in [7, 11) is -7.65. The molecule has 0 aromatic heterocycles. The molecule has 0 aliphatic heterocycles. The highest BCUT2D eigenvalue weighted by molar-refractivity contribution is 7.94. The fourth-order valence-corrected chi connectivity index (χ4v) is 9.32. The fraction of sp³-hybridized carbons (Fsp3) is 0.0625. The van der Waals surface area contributed by atoms with Gasteiger partial charge in [0.05, 0.1) is 28.9 Å². The lowest BCUT2D eigenvalue weighted by molar-refractivity contribution is -0.432. The molecule has 0 saturated carbocycles. The second-order valence-corrected chi connectivity index (χ2v) is 18.4. The lowest BCUT2D eigenvalue weighted by atomic mass is 10.0. The van der Waals surface area contributed by atoms with Crippen molar-refractivity contribution in [2.75, 3.05) is 7.11 Å². The molecule has 8 aromatic carbocycles. The minimum atomic E-state index is -4.97. The number of ketones is 1. The second kappa shape index (κ2) is 18.5. The zero-order valence-electron chi connectivity index (χ0n) is 33.8. The average molecular weight is 917 g/mol. The molecule has 0 aliphatic rings. The molecule has 16 heteroatoms. The lowest BCUT2D eigenvalue weighted by Crippen LogP contribution is -2.07. The number of fused-ring (bicyclic) bond motifs is 2. The molecule has 0 radical (unpaired) electrons. The third-order valence-corrected chi connectivity index (χ3v) is 13.5. The summed E-state index contributed by atoms with van der Waals surface area (Å²) in [5, 5.41) is 15.7. The van der Waals surface area contributed by atoms with Crippen LogP contribution in [0.25, 0.3) is 21.5 Å². The standard InChI is InChI=1S/C48H36O13S3/c1-30-3-20-43(27-46(30)62-61-60-50)63(51,52)44-21-22-45(47(28-44)64(53,54)55)59-42-18-9-32-8-17-40(25-37(32)26-42)57-29-31-4-6-33(7-5-31)48(49)34-10-14-38(15-11-34)58-41-19-13-35-23-39(56-2)16-12-36(35)24-41/h3-28,50H,29H2,1-2H3,(H,53,54,55). The maximum Gasteiger partial charge on any atom is 0.298 e. The van der Waals surface area contributed by atoms with E-state index in [0.717, 1.165) is 45.7 Å².